The van der Waals surface area contributed by atoms with Gasteiger partial charge in [-0.3, -0.25) is 0 Å². The first kappa shape index (κ1) is 17.2. The van der Waals surface area contributed by atoms with E-state index in [0.717, 1.165) is 6.42 Å². The highest BCUT2D eigenvalue weighted by molar-refractivity contribution is 5.74. The number of benzene rings is 2. The lowest BCUT2D eigenvalue weighted by Gasteiger charge is -2.15. The van der Waals surface area contributed by atoms with Gasteiger partial charge in [-0.05, 0) is 42.4 Å². The molecule has 0 bridgehead atoms. The summed E-state index contributed by atoms with van der Waals surface area (Å²) in [6, 6.07) is 18.7. The van der Waals surface area contributed by atoms with E-state index in [9.17, 15) is 9.90 Å². The number of carbonyl (C=O) groups excluding carboxylic acids is 1. The molecule has 0 aliphatic carbocycles. The second-order valence-electron chi connectivity index (χ2n) is 5.88. The van der Waals surface area contributed by atoms with E-state index in [-0.39, 0.29) is 5.92 Å². The maximum absolute atomic E-state index is 11.5. The zero-order valence-corrected chi connectivity index (χ0v) is 13.7. The number of esters is 1. The highest BCUT2D eigenvalue weighted by Crippen LogP contribution is 2.21. The second kappa shape index (κ2) is 8.49. The van der Waals surface area contributed by atoms with Crippen molar-refractivity contribution in [1.29, 1.82) is 0 Å². The third-order valence-electron chi connectivity index (χ3n) is 3.83. The Labute approximate surface area is 137 Å². The standard InChI is InChI=1S/C20H24O3/c1-3-23-20(22)19(21)14-15(2)13-16-9-11-18(12-10-16)17-7-5-4-6-8-17/h4-12,15,19,21H,3,13-14H2,1-2H3/t15-,19?/m1/s1. The van der Waals surface area contributed by atoms with Crippen molar-refractivity contribution in [1.82, 2.24) is 0 Å². The van der Waals surface area contributed by atoms with Crippen LogP contribution in [-0.2, 0) is 16.0 Å². The fraction of sp³-hybridized carbons (Fsp3) is 0.350. The Morgan fingerprint density at radius 1 is 1.04 bits per heavy atom. The monoisotopic (exact) mass is 312 g/mol. The molecular formula is C20H24O3. The minimum Gasteiger partial charge on any atom is -0.464 e. The maximum atomic E-state index is 11.5. The molecule has 3 heteroatoms. The summed E-state index contributed by atoms with van der Waals surface area (Å²) in [4.78, 5) is 11.5. The van der Waals surface area contributed by atoms with Gasteiger partial charge in [-0.15, -0.1) is 0 Å². The molecule has 3 nitrogen and oxygen atoms in total. The Balaban J connectivity index is 1.92. The molecule has 2 aromatic carbocycles. The molecule has 2 rings (SSSR count). The first-order valence-electron chi connectivity index (χ1n) is 8.09. The summed E-state index contributed by atoms with van der Waals surface area (Å²) in [6.07, 6.45) is 0.207. The van der Waals surface area contributed by atoms with Crippen molar-refractivity contribution >= 4 is 5.97 Å². The van der Waals surface area contributed by atoms with Crippen LogP contribution in [0.25, 0.3) is 11.1 Å². The van der Waals surface area contributed by atoms with Crippen molar-refractivity contribution in [3.63, 3.8) is 0 Å². The van der Waals surface area contributed by atoms with Crippen LogP contribution in [0.4, 0.5) is 0 Å². The summed E-state index contributed by atoms with van der Waals surface area (Å²) < 4.78 is 4.83. The normalized spacial score (nSPS) is 13.3. The predicted octanol–water partition coefficient (Wildman–Crippen LogP) is 3.85. The van der Waals surface area contributed by atoms with Crippen LogP contribution in [0.1, 0.15) is 25.8 Å². The molecule has 0 aliphatic heterocycles. The molecule has 0 amide bonds. The average Bonchev–Trinajstić information content (AvgIpc) is 2.56. The first-order valence-corrected chi connectivity index (χ1v) is 8.09. The van der Waals surface area contributed by atoms with Gasteiger partial charge in [-0.2, -0.15) is 0 Å². The molecule has 0 saturated heterocycles. The molecule has 0 spiro atoms. The molecule has 2 aromatic rings. The Kier molecular flexibility index (Phi) is 6.36. The lowest BCUT2D eigenvalue weighted by Crippen LogP contribution is -2.25. The number of rotatable bonds is 7. The fourth-order valence-corrected chi connectivity index (χ4v) is 2.67. The Morgan fingerprint density at radius 2 is 1.65 bits per heavy atom. The molecule has 0 saturated carbocycles. The van der Waals surface area contributed by atoms with E-state index in [1.165, 1.54) is 16.7 Å². The third-order valence-corrected chi connectivity index (χ3v) is 3.83. The summed E-state index contributed by atoms with van der Waals surface area (Å²) in [5.74, 6) is -0.323. The average molecular weight is 312 g/mol. The molecule has 1 unspecified atom stereocenters. The van der Waals surface area contributed by atoms with Crippen LogP contribution in [0.15, 0.2) is 54.6 Å². The molecule has 0 fully saturated rings. The van der Waals surface area contributed by atoms with Gasteiger partial charge in [0.2, 0.25) is 0 Å². The molecule has 122 valence electrons. The minimum absolute atomic E-state index is 0.206. The van der Waals surface area contributed by atoms with Gasteiger partial charge >= 0.3 is 5.97 Å². The van der Waals surface area contributed by atoms with E-state index in [4.69, 9.17) is 4.74 Å². The van der Waals surface area contributed by atoms with Crippen LogP contribution in [0, 0.1) is 5.92 Å². The second-order valence-corrected chi connectivity index (χ2v) is 5.88. The van der Waals surface area contributed by atoms with E-state index in [1.807, 2.05) is 25.1 Å². The molecule has 0 heterocycles. The topological polar surface area (TPSA) is 46.5 Å². The SMILES string of the molecule is CCOC(=O)C(O)C[C@H](C)Cc1ccc(-c2ccccc2)cc1. The van der Waals surface area contributed by atoms with Crippen LogP contribution in [0.2, 0.25) is 0 Å². The Morgan fingerprint density at radius 3 is 2.26 bits per heavy atom. The molecule has 0 aliphatic rings. The van der Waals surface area contributed by atoms with Gasteiger partial charge in [0, 0.05) is 0 Å². The van der Waals surface area contributed by atoms with Crippen LogP contribution in [-0.4, -0.2) is 23.8 Å². The minimum atomic E-state index is -1.03. The van der Waals surface area contributed by atoms with Gasteiger partial charge in [0.15, 0.2) is 6.10 Å². The Bertz CT molecular complexity index is 605. The van der Waals surface area contributed by atoms with E-state index in [0.29, 0.717) is 13.0 Å². The Hall–Kier alpha value is -2.13. The zero-order chi connectivity index (χ0) is 16.7. The van der Waals surface area contributed by atoms with E-state index < -0.39 is 12.1 Å². The van der Waals surface area contributed by atoms with Crippen LogP contribution >= 0.6 is 0 Å². The molecule has 1 N–H and O–H groups in total. The first-order chi connectivity index (χ1) is 11.1. The van der Waals surface area contributed by atoms with Gasteiger partial charge in [-0.1, -0.05) is 61.5 Å². The fourth-order valence-electron chi connectivity index (χ4n) is 2.67. The van der Waals surface area contributed by atoms with E-state index in [1.54, 1.807) is 6.92 Å². The number of ether oxygens (including phenoxy) is 1. The summed E-state index contributed by atoms with van der Waals surface area (Å²) >= 11 is 0. The highest BCUT2D eigenvalue weighted by Gasteiger charge is 2.19. The van der Waals surface area contributed by atoms with Gasteiger partial charge in [-0.25, -0.2) is 4.79 Å². The van der Waals surface area contributed by atoms with Crippen molar-refractivity contribution in [2.45, 2.75) is 32.8 Å². The number of carbonyl (C=O) groups is 1. The predicted molar refractivity (Wildman–Crippen MR) is 92.0 cm³/mol. The summed E-state index contributed by atoms with van der Waals surface area (Å²) in [5, 5.41) is 9.82. The molecule has 0 radical (unpaired) electrons. The lowest BCUT2D eigenvalue weighted by atomic mass is 9.94. The largest absolute Gasteiger partial charge is 0.464 e. The third kappa shape index (κ3) is 5.22. The van der Waals surface area contributed by atoms with Gasteiger partial charge < -0.3 is 9.84 Å². The van der Waals surface area contributed by atoms with Crippen LogP contribution in [0.3, 0.4) is 0 Å². The number of aliphatic hydroxyl groups is 1. The van der Waals surface area contributed by atoms with Crippen molar-refractivity contribution in [3.05, 3.63) is 60.2 Å². The molecular weight excluding hydrogens is 288 g/mol. The van der Waals surface area contributed by atoms with Gasteiger partial charge in [0.1, 0.15) is 0 Å². The lowest BCUT2D eigenvalue weighted by molar-refractivity contribution is -0.153. The maximum Gasteiger partial charge on any atom is 0.334 e. The van der Waals surface area contributed by atoms with E-state index >= 15 is 0 Å². The molecule has 0 aromatic heterocycles. The van der Waals surface area contributed by atoms with Crippen LogP contribution < -0.4 is 0 Å². The zero-order valence-electron chi connectivity index (χ0n) is 13.7. The number of hydrogen-bond donors (Lipinski definition) is 1. The van der Waals surface area contributed by atoms with Crippen molar-refractivity contribution in [2.75, 3.05) is 6.61 Å². The van der Waals surface area contributed by atoms with Crippen molar-refractivity contribution in [3.8, 4) is 11.1 Å². The van der Waals surface area contributed by atoms with E-state index in [2.05, 4.69) is 36.4 Å². The highest BCUT2D eigenvalue weighted by atomic mass is 16.5. The van der Waals surface area contributed by atoms with Crippen molar-refractivity contribution < 1.29 is 14.6 Å². The summed E-state index contributed by atoms with van der Waals surface area (Å²) in [7, 11) is 0. The van der Waals surface area contributed by atoms with Crippen molar-refractivity contribution in [2.24, 2.45) is 5.92 Å². The van der Waals surface area contributed by atoms with Gasteiger partial charge in [0.05, 0.1) is 6.61 Å². The quantitative estimate of drug-likeness (QED) is 0.790. The van der Waals surface area contributed by atoms with Crippen LogP contribution in [0.5, 0.6) is 0 Å². The molecule has 23 heavy (non-hydrogen) atoms. The number of hydrogen-bond acceptors (Lipinski definition) is 3. The number of aliphatic hydroxyl groups excluding tert-OH is 1. The smallest absolute Gasteiger partial charge is 0.334 e. The summed E-state index contributed by atoms with van der Waals surface area (Å²) in [6.45, 7) is 4.07. The summed E-state index contributed by atoms with van der Waals surface area (Å²) in [5.41, 5.74) is 3.59. The molecule has 2 atom stereocenters. The van der Waals surface area contributed by atoms with Gasteiger partial charge in [0.25, 0.3) is 0 Å².